The molecule has 0 fully saturated rings. The Morgan fingerprint density at radius 2 is 2.10 bits per heavy atom. The summed E-state index contributed by atoms with van der Waals surface area (Å²) in [5.41, 5.74) is 1.07. The molecule has 0 radical (unpaired) electrons. The van der Waals surface area contributed by atoms with Gasteiger partial charge in [0.2, 0.25) is 0 Å². The Hall–Kier alpha value is -0.0200. The van der Waals surface area contributed by atoms with Crippen molar-refractivity contribution in [2.75, 3.05) is 19.8 Å². The third-order valence-electron chi connectivity index (χ3n) is 2.96. The number of thioether (sulfide) groups is 1. The van der Waals surface area contributed by atoms with E-state index < -0.39 is 0 Å². The van der Waals surface area contributed by atoms with Crippen LogP contribution in [-0.2, 0) is 6.54 Å². The number of hydrogen-bond donors (Lipinski definition) is 2. The molecule has 0 aromatic carbocycles. The molecule has 0 saturated carbocycles. The van der Waals surface area contributed by atoms with E-state index in [2.05, 4.69) is 59.9 Å². The Balaban J connectivity index is 0.00000400. The van der Waals surface area contributed by atoms with Gasteiger partial charge in [0.1, 0.15) is 0 Å². The van der Waals surface area contributed by atoms with E-state index in [1.807, 2.05) is 11.8 Å². The smallest absolute Gasteiger partial charge is 0.191 e. The summed E-state index contributed by atoms with van der Waals surface area (Å²) in [5.74, 6) is 1.32. The molecule has 0 aliphatic rings. The van der Waals surface area contributed by atoms with Gasteiger partial charge in [0.15, 0.2) is 5.96 Å². The van der Waals surface area contributed by atoms with Gasteiger partial charge < -0.3 is 10.6 Å². The Morgan fingerprint density at radius 3 is 2.57 bits per heavy atom. The summed E-state index contributed by atoms with van der Waals surface area (Å²) in [4.78, 5) is 8.85. The lowest BCUT2D eigenvalue weighted by molar-refractivity contribution is 0.663. The fraction of sp³-hybridized carbons (Fsp3) is 0.714. The van der Waals surface area contributed by atoms with Gasteiger partial charge in [-0.3, -0.25) is 4.99 Å². The zero-order chi connectivity index (χ0) is 15.2. The van der Waals surface area contributed by atoms with E-state index in [1.165, 1.54) is 5.01 Å². The van der Waals surface area contributed by atoms with Crippen molar-refractivity contribution in [2.45, 2.75) is 44.9 Å². The SMILES string of the molecule is CN=C(NCc1csc(C(C)C)n1)NCC(C)(C)SC.I. The second-order valence-corrected chi connectivity index (χ2v) is 7.98. The first-order valence-electron chi connectivity index (χ1n) is 6.82. The second-order valence-electron chi connectivity index (χ2n) is 5.57. The molecule has 4 nitrogen and oxygen atoms in total. The fourth-order valence-electron chi connectivity index (χ4n) is 1.43. The van der Waals surface area contributed by atoms with E-state index in [0.717, 1.165) is 18.2 Å². The minimum Gasteiger partial charge on any atom is -0.355 e. The molecule has 21 heavy (non-hydrogen) atoms. The van der Waals surface area contributed by atoms with Gasteiger partial charge in [0.25, 0.3) is 0 Å². The van der Waals surface area contributed by atoms with Gasteiger partial charge in [-0.1, -0.05) is 13.8 Å². The second kappa shape index (κ2) is 9.89. The van der Waals surface area contributed by atoms with E-state index in [-0.39, 0.29) is 28.7 Å². The monoisotopic (exact) mass is 442 g/mol. The van der Waals surface area contributed by atoms with Crippen LogP contribution in [0.15, 0.2) is 10.4 Å². The van der Waals surface area contributed by atoms with Crippen LogP contribution in [0.1, 0.15) is 44.3 Å². The number of aromatic nitrogens is 1. The average Bonchev–Trinajstić information content (AvgIpc) is 2.88. The van der Waals surface area contributed by atoms with Gasteiger partial charge in [-0.15, -0.1) is 35.3 Å². The summed E-state index contributed by atoms with van der Waals surface area (Å²) >= 11 is 3.57. The van der Waals surface area contributed by atoms with Crippen molar-refractivity contribution < 1.29 is 0 Å². The summed E-state index contributed by atoms with van der Waals surface area (Å²) in [6.45, 7) is 10.4. The fourth-order valence-corrected chi connectivity index (χ4v) is 2.48. The minimum absolute atomic E-state index is 0. The van der Waals surface area contributed by atoms with E-state index in [9.17, 15) is 0 Å². The molecule has 0 bridgehead atoms. The zero-order valence-electron chi connectivity index (χ0n) is 13.7. The number of nitrogens with one attached hydrogen (secondary N) is 2. The normalized spacial score (nSPS) is 12.2. The van der Waals surface area contributed by atoms with Crippen molar-refractivity contribution in [3.05, 3.63) is 16.1 Å². The molecule has 0 amide bonds. The van der Waals surface area contributed by atoms with Crippen LogP contribution < -0.4 is 10.6 Å². The van der Waals surface area contributed by atoms with Gasteiger partial charge in [0.05, 0.1) is 17.2 Å². The van der Waals surface area contributed by atoms with Crippen LogP contribution >= 0.6 is 47.1 Å². The predicted molar refractivity (Wildman–Crippen MR) is 107 cm³/mol. The Bertz CT molecular complexity index is 444. The minimum atomic E-state index is 0. The largest absolute Gasteiger partial charge is 0.355 e. The van der Waals surface area contributed by atoms with Gasteiger partial charge in [-0.05, 0) is 20.1 Å². The lowest BCUT2D eigenvalue weighted by Gasteiger charge is -2.23. The van der Waals surface area contributed by atoms with Gasteiger partial charge >= 0.3 is 0 Å². The summed E-state index contributed by atoms with van der Waals surface area (Å²) in [7, 11) is 1.79. The van der Waals surface area contributed by atoms with Crippen LogP contribution in [-0.4, -0.2) is 35.5 Å². The lowest BCUT2D eigenvalue weighted by atomic mass is 10.2. The number of halogens is 1. The van der Waals surface area contributed by atoms with Crippen LogP contribution in [0.4, 0.5) is 0 Å². The highest BCUT2D eigenvalue weighted by Gasteiger charge is 2.16. The van der Waals surface area contributed by atoms with E-state index in [4.69, 9.17) is 0 Å². The first kappa shape index (κ1) is 21.0. The average molecular weight is 442 g/mol. The van der Waals surface area contributed by atoms with Crippen molar-refractivity contribution in [2.24, 2.45) is 4.99 Å². The van der Waals surface area contributed by atoms with Crippen LogP contribution in [0, 0.1) is 0 Å². The van der Waals surface area contributed by atoms with Crippen molar-refractivity contribution in [3.8, 4) is 0 Å². The van der Waals surface area contributed by atoms with Gasteiger partial charge in [-0.25, -0.2) is 4.98 Å². The standard InChI is InChI=1S/C14H26N4S2.HI/c1-10(2)12-18-11(8-20-12)7-16-13(15-5)17-9-14(3,4)19-6;/h8,10H,7,9H2,1-6H3,(H2,15,16,17);1H. The number of nitrogens with zero attached hydrogens (tertiary/aromatic N) is 2. The maximum absolute atomic E-state index is 4.61. The maximum Gasteiger partial charge on any atom is 0.191 e. The molecule has 0 aliphatic carbocycles. The van der Waals surface area contributed by atoms with E-state index >= 15 is 0 Å². The van der Waals surface area contributed by atoms with E-state index in [0.29, 0.717) is 12.5 Å². The quantitative estimate of drug-likeness (QED) is 0.401. The summed E-state index contributed by atoms with van der Waals surface area (Å²) < 4.78 is 0.197. The number of rotatable bonds is 6. The Kier molecular flexibility index (Phi) is 9.88. The molecule has 0 spiro atoms. The first-order chi connectivity index (χ1) is 9.38. The van der Waals surface area contributed by atoms with E-state index in [1.54, 1.807) is 18.4 Å². The number of hydrogen-bond acceptors (Lipinski definition) is 4. The topological polar surface area (TPSA) is 49.3 Å². The van der Waals surface area contributed by atoms with Crippen molar-refractivity contribution >= 4 is 53.0 Å². The third kappa shape index (κ3) is 7.69. The molecule has 0 atom stereocenters. The molecule has 1 aromatic heterocycles. The number of thiazole rings is 1. The lowest BCUT2D eigenvalue weighted by Crippen LogP contribution is -2.43. The van der Waals surface area contributed by atoms with Gasteiger partial charge in [0, 0.05) is 29.6 Å². The molecule has 0 saturated heterocycles. The predicted octanol–water partition coefficient (Wildman–Crippen LogP) is 3.69. The highest BCUT2D eigenvalue weighted by Crippen LogP contribution is 2.20. The van der Waals surface area contributed by atoms with Gasteiger partial charge in [-0.2, -0.15) is 11.8 Å². The highest BCUT2D eigenvalue weighted by molar-refractivity contribution is 14.0. The zero-order valence-corrected chi connectivity index (χ0v) is 17.7. The molecule has 0 unspecified atom stereocenters. The molecule has 2 N–H and O–H groups in total. The molecule has 1 heterocycles. The molecule has 7 heteroatoms. The summed E-state index contributed by atoms with van der Waals surface area (Å²) in [5, 5.41) is 9.96. The van der Waals surface area contributed by atoms with Crippen LogP contribution in [0.3, 0.4) is 0 Å². The molecule has 1 rings (SSSR count). The van der Waals surface area contributed by atoms with Crippen LogP contribution in [0.2, 0.25) is 0 Å². The maximum atomic E-state index is 4.61. The highest BCUT2D eigenvalue weighted by atomic mass is 127. The molecule has 0 aliphatic heterocycles. The molecule has 1 aromatic rings. The molecular weight excluding hydrogens is 415 g/mol. The van der Waals surface area contributed by atoms with Crippen molar-refractivity contribution in [1.29, 1.82) is 0 Å². The number of guanidine groups is 1. The van der Waals surface area contributed by atoms with Crippen molar-refractivity contribution in [3.63, 3.8) is 0 Å². The Labute approximate surface area is 154 Å². The molecule has 122 valence electrons. The van der Waals surface area contributed by atoms with Crippen LogP contribution in [0.5, 0.6) is 0 Å². The molecular formula is C14H27IN4S2. The third-order valence-corrected chi connectivity index (χ3v) is 5.40. The summed E-state index contributed by atoms with van der Waals surface area (Å²) in [6.07, 6.45) is 2.13. The van der Waals surface area contributed by atoms with Crippen LogP contribution in [0.25, 0.3) is 0 Å². The summed E-state index contributed by atoms with van der Waals surface area (Å²) in [6, 6.07) is 0. The van der Waals surface area contributed by atoms with Crippen molar-refractivity contribution in [1.82, 2.24) is 15.6 Å². The number of aliphatic imine (C=N–C) groups is 1. The Morgan fingerprint density at radius 1 is 1.43 bits per heavy atom. The first-order valence-corrected chi connectivity index (χ1v) is 8.92.